The average Bonchev–Trinajstić information content (AvgIpc) is 2.43. The molecule has 0 bridgehead atoms. The zero-order valence-corrected chi connectivity index (χ0v) is 6.57. The van der Waals surface area contributed by atoms with E-state index in [1.807, 2.05) is 0 Å². The molecular weight excluding hydrogens is 140 g/mol. The van der Waals surface area contributed by atoms with Crippen LogP contribution in [0.3, 0.4) is 0 Å². The lowest BCUT2D eigenvalue weighted by molar-refractivity contribution is 0.473. The highest BCUT2D eigenvalue weighted by Gasteiger charge is 2.47. The van der Waals surface area contributed by atoms with Gasteiger partial charge in [0.1, 0.15) is 12.7 Å². The maximum Gasteiger partial charge on any atom is 0.137 e. The van der Waals surface area contributed by atoms with Crippen LogP contribution in [0.25, 0.3) is 0 Å². The van der Waals surface area contributed by atoms with Gasteiger partial charge in [-0.2, -0.15) is 5.10 Å². The summed E-state index contributed by atoms with van der Waals surface area (Å²) < 4.78 is 1.80. The van der Waals surface area contributed by atoms with Crippen molar-refractivity contribution < 1.29 is 0 Å². The number of hydrogen-bond donors (Lipinski definition) is 1. The minimum atomic E-state index is -0.00625. The van der Waals surface area contributed by atoms with E-state index in [1.165, 1.54) is 6.33 Å². The van der Waals surface area contributed by atoms with Gasteiger partial charge in [0.15, 0.2) is 0 Å². The Bertz CT molecular complexity index is 243. The maximum atomic E-state index is 5.99. The Morgan fingerprint density at radius 1 is 1.82 bits per heavy atom. The van der Waals surface area contributed by atoms with Crippen LogP contribution < -0.4 is 5.73 Å². The molecule has 2 unspecified atom stereocenters. The van der Waals surface area contributed by atoms with Crippen molar-refractivity contribution >= 4 is 0 Å². The quantitative estimate of drug-likeness (QED) is 0.649. The number of aromatic nitrogens is 3. The van der Waals surface area contributed by atoms with Gasteiger partial charge in [-0.1, -0.05) is 6.92 Å². The molecule has 11 heavy (non-hydrogen) atoms. The van der Waals surface area contributed by atoms with Gasteiger partial charge in [-0.15, -0.1) is 0 Å². The lowest BCUT2D eigenvalue weighted by Gasteiger charge is -2.08. The van der Waals surface area contributed by atoms with Crippen molar-refractivity contribution in [2.45, 2.75) is 25.4 Å². The number of hydrogen-bond acceptors (Lipinski definition) is 3. The van der Waals surface area contributed by atoms with E-state index < -0.39 is 0 Å². The average molecular weight is 152 g/mol. The van der Waals surface area contributed by atoms with E-state index in [4.69, 9.17) is 5.73 Å². The molecule has 2 rings (SSSR count). The van der Waals surface area contributed by atoms with E-state index in [0.717, 1.165) is 13.0 Å². The zero-order chi connectivity index (χ0) is 7.90. The van der Waals surface area contributed by atoms with Crippen molar-refractivity contribution in [3.8, 4) is 0 Å². The van der Waals surface area contributed by atoms with Crippen LogP contribution in [0.2, 0.25) is 0 Å². The zero-order valence-electron chi connectivity index (χ0n) is 6.57. The Morgan fingerprint density at radius 2 is 2.55 bits per heavy atom. The molecule has 1 heterocycles. The first kappa shape index (κ1) is 6.79. The van der Waals surface area contributed by atoms with Crippen LogP contribution in [0.1, 0.15) is 13.3 Å². The van der Waals surface area contributed by atoms with Crippen LogP contribution in [0.15, 0.2) is 12.7 Å². The first-order valence-corrected chi connectivity index (χ1v) is 3.82. The Balaban J connectivity index is 2.02. The topological polar surface area (TPSA) is 56.7 Å². The molecule has 1 aromatic rings. The van der Waals surface area contributed by atoms with E-state index in [1.54, 1.807) is 11.0 Å². The highest BCUT2D eigenvalue weighted by atomic mass is 15.3. The molecule has 1 fully saturated rings. The van der Waals surface area contributed by atoms with E-state index in [2.05, 4.69) is 17.0 Å². The second kappa shape index (κ2) is 2.04. The fourth-order valence-corrected chi connectivity index (χ4v) is 1.35. The summed E-state index contributed by atoms with van der Waals surface area (Å²) in [6, 6.07) is 0. The summed E-state index contributed by atoms with van der Waals surface area (Å²) in [6.45, 7) is 2.96. The third-order valence-electron chi connectivity index (χ3n) is 2.43. The third-order valence-corrected chi connectivity index (χ3v) is 2.43. The SMILES string of the molecule is CC1CC1(N)Cn1cncn1. The molecule has 1 aromatic heterocycles. The Hall–Kier alpha value is -0.900. The van der Waals surface area contributed by atoms with Gasteiger partial charge in [0.25, 0.3) is 0 Å². The highest BCUT2D eigenvalue weighted by Crippen LogP contribution is 2.41. The first-order valence-electron chi connectivity index (χ1n) is 3.82. The molecule has 0 spiro atoms. The van der Waals surface area contributed by atoms with Gasteiger partial charge >= 0.3 is 0 Å². The van der Waals surface area contributed by atoms with Crippen molar-refractivity contribution in [2.24, 2.45) is 11.7 Å². The van der Waals surface area contributed by atoms with Gasteiger partial charge in [0.05, 0.1) is 6.54 Å². The lowest BCUT2D eigenvalue weighted by Crippen LogP contribution is -2.30. The summed E-state index contributed by atoms with van der Waals surface area (Å²) in [5, 5.41) is 4.00. The molecule has 0 aromatic carbocycles. The monoisotopic (exact) mass is 152 g/mol. The lowest BCUT2D eigenvalue weighted by atomic mass is 10.2. The summed E-state index contributed by atoms with van der Waals surface area (Å²) in [4.78, 5) is 3.86. The molecule has 0 radical (unpaired) electrons. The summed E-state index contributed by atoms with van der Waals surface area (Å²) in [7, 11) is 0. The third kappa shape index (κ3) is 1.14. The molecule has 1 aliphatic carbocycles. The van der Waals surface area contributed by atoms with Gasteiger partial charge in [-0.05, 0) is 12.3 Å². The smallest absolute Gasteiger partial charge is 0.137 e. The first-order chi connectivity index (χ1) is 5.21. The van der Waals surface area contributed by atoms with Gasteiger partial charge in [-0.25, -0.2) is 4.98 Å². The van der Waals surface area contributed by atoms with Crippen LogP contribution in [0.4, 0.5) is 0 Å². The van der Waals surface area contributed by atoms with Crippen LogP contribution >= 0.6 is 0 Å². The molecule has 0 aliphatic heterocycles. The maximum absolute atomic E-state index is 5.99. The minimum Gasteiger partial charge on any atom is -0.323 e. The second-order valence-electron chi connectivity index (χ2n) is 3.43. The Morgan fingerprint density at radius 3 is 3.00 bits per heavy atom. The molecule has 4 heteroatoms. The fourth-order valence-electron chi connectivity index (χ4n) is 1.35. The van der Waals surface area contributed by atoms with Crippen molar-refractivity contribution in [3.63, 3.8) is 0 Å². The molecule has 0 amide bonds. The molecule has 2 atom stereocenters. The van der Waals surface area contributed by atoms with Crippen LogP contribution in [0.5, 0.6) is 0 Å². The number of nitrogens with zero attached hydrogens (tertiary/aromatic N) is 3. The molecule has 4 nitrogen and oxygen atoms in total. The predicted molar refractivity (Wildman–Crippen MR) is 40.7 cm³/mol. The van der Waals surface area contributed by atoms with E-state index in [-0.39, 0.29) is 5.54 Å². The molecular formula is C7H12N4. The van der Waals surface area contributed by atoms with Gasteiger partial charge in [0.2, 0.25) is 0 Å². The summed E-state index contributed by atoms with van der Waals surface area (Å²) >= 11 is 0. The van der Waals surface area contributed by atoms with Gasteiger partial charge in [-0.3, -0.25) is 4.68 Å². The summed E-state index contributed by atoms with van der Waals surface area (Å²) in [5.74, 6) is 0.631. The molecule has 0 saturated heterocycles. The summed E-state index contributed by atoms with van der Waals surface area (Å²) in [6.07, 6.45) is 4.35. The standard InChI is InChI=1S/C7H12N4/c1-6-2-7(6,8)3-11-5-9-4-10-11/h4-6H,2-3,8H2,1H3. The Kier molecular flexibility index (Phi) is 1.26. The summed E-state index contributed by atoms with van der Waals surface area (Å²) in [5.41, 5.74) is 5.99. The molecule has 1 aliphatic rings. The largest absolute Gasteiger partial charge is 0.323 e. The van der Waals surface area contributed by atoms with E-state index in [9.17, 15) is 0 Å². The van der Waals surface area contributed by atoms with Crippen molar-refractivity contribution in [1.82, 2.24) is 14.8 Å². The molecule has 1 saturated carbocycles. The van der Waals surface area contributed by atoms with E-state index >= 15 is 0 Å². The van der Waals surface area contributed by atoms with Crippen LogP contribution in [-0.2, 0) is 6.54 Å². The molecule has 2 N–H and O–H groups in total. The van der Waals surface area contributed by atoms with Gasteiger partial charge < -0.3 is 5.73 Å². The predicted octanol–water partition coefficient (Wildman–Crippen LogP) is 0.0154. The van der Waals surface area contributed by atoms with Gasteiger partial charge in [0, 0.05) is 5.54 Å². The molecule has 60 valence electrons. The van der Waals surface area contributed by atoms with Crippen molar-refractivity contribution in [1.29, 1.82) is 0 Å². The normalized spacial score (nSPS) is 35.6. The van der Waals surface area contributed by atoms with Crippen LogP contribution in [0, 0.1) is 5.92 Å². The van der Waals surface area contributed by atoms with Crippen LogP contribution in [-0.4, -0.2) is 20.3 Å². The second-order valence-corrected chi connectivity index (χ2v) is 3.43. The minimum absolute atomic E-state index is 0.00625. The highest BCUT2D eigenvalue weighted by molar-refractivity contribution is 5.04. The van der Waals surface area contributed by atoms with Crippen molar-refractivity contribution in [3.05, 3.63) is 12.7 Å². The Labute approximate surface area is 65.4 Å². The van der Waals surface area contributed by atoms with Crippen molar-refractivity contribution in [2.75, 3.05) is 0 Å². The number of rotatable bonds is 2. The fraction of sp³-hybridized carbons (Fsp3) is 0.714. The number of nitrogens with two attached hydrogens (primary N) is 1. The van der Waals surface area contributed by atoms with E-state index in [0.29, 0.717) is 5.92 Å².